The molecule has 1 aliphatic rings. The smallest absolute Gasteiger partial charge is 0.158 e. The van der Waals surface area contributed by atoms with Crippen LogP contribution in [0.3, 0.4) is 0 Å². The van der Waals surface area contributed by atoms with Gasteiger partial charge in [-0.15, -0.1) is 0 Å². The first kappa shape index (κ1) is 15.0. The van der Waals surface area contributed by atoms with E-state index in [0.29, 0.717) is 36.9 Å². The van der Waals surface area contributed by atoms with Gasteiger partial charge in [0.1, 0.15) is 18.2 Å². The van der Waals surface area contributed by atoms with E-state index >= 15 is 0 Å². The minimum atomic E-state index is 0.415. The highest BCUT2D eigenvalue weighted by Gasteiger charge is 2.30. The topological polar surface area (TPSA) is 76.3 Å². The monoisotopic (exact) mass is 279 g/mol. The summed E-state index contributed by atoms with van der Waals surface area (Å²) >= 11 is 0. The van der Waals surface area contributed by atoms with Crippen LogP contribution in [0, 0.1) is 0 Å². The highest BCUT2D eigenvalue weighted by Crippen LogP contribution is 2.31. The van der Waals surface area contributed by atoms with Crippen LogP contribution in [0.2, 0.25) is 0 Å². The number of nitrogens with zero attached hydrogens (tertiary/aromatic N) is 3. The second kappa shape index (κ2) is 6.85. The van der Waals surface area contributed by atoms with E-state index in [9.17, 15) is 0 Å². The quantitative estimate of drug-likeness (QED) is 0.613. The SMILES string of the molecule is CCOCc1nc(NN)cc(N2C(C)CCC2CC)n1. The van der Waals surface area contributed by atoms with Crippen molar-refractivity contribution in [2.75, 3.05) is 16.9 Å². The van der Waals surface area contributed by atoms with Gasteiger partial charge in [0, 0.05) is 24.8 Å². The third-order valence-electron chi connectivity index (χ3n) is 3.86. The van der Waals surface area contributed by atoms with Crippen molar-refractivity contribution in [2.24, 2.45) is 5.84 Å². The van der Waals surface area contributed by atoms with Crippen molar-refractivity contribution >= 4 is 11.6 Å². The molecule has 1 fully saturated rings. The number of hydrazine groups is 1. The normalized spacial score (nSPS) is 22.3. The Hall–Kier alpha value is -1.40. The average molecular weight is 279 g/mol. The molecule has 112 valence electrons. The number of ether oxygens (including phenoxy) is 1. The molecule has 20 heavy (non-hydrogen) atoms. The van der Waals surface area contributed by atoms with Gasteiger partial charge in [-0.25, -0.2) is 15.8 Å². The molecule has 1 aromatic heterocycles. The summed E-state index contributed by atoms with van der Waals surface area (Å²) in [6.07, 6.45) is 3.54. The molecule has 2 heterocycles. The van der Waals surface area contributed by atoms with E-state index in [1.54, 1.807) is 0 Å². The zero-order chi connectivity index (χ0) is 14.5. The van der Waals surface area contributed by atoms with Crippen molar-refractivity contribution in [3.63, 3.8) is 0 Å². The number of hydrogen-bond donors (Lipinski definition) is 2. The zero-order valence-corrected chi connectivity index (χ0v) is 12.6. The molecule has 2 rings (SSSR count). The summed E-state index contributed by atoms with van der Waals surface area (Å²) in [6, 6.07) is 2.96. The molecule has 1 saturated heterocycles. The second-order valence-corrected chi connectivity index (χ2v) is 5.20. The molecule has 0 amide bonds. The summed E-state index contributed by atoms with van der Waals surface area (Å²) < 4.78 is 5.40. The molecule has 6 nitrogen and oxygen atoms in total. The van der Waals surface area contributed by atoms with Crippen LogP contribution in [0.15, 0.2) is 6.07 Å². The molecule has 2 atom stereocenters. The lowest BCUT2D eigenvalue weighted by Gasteiger charge is -2.29. The first-order valence-corrected chi connectivity index (χ1v) is 7.40. The average Bonchev–Trinajstić information content (AvgIpc) is 2.85. The summed E-state index contributed by atoms with van der Waals surface area (Å²) in [7, 11) is 0. The fraction of sp³-hybridized carbons (Fsp3) is 0.714. The Bertz CT molecular complexity index is 440. The van der Waals surface area contributed by atoms with Crippen molar-refractivity contribution < 1.29 is 4.74 Å². The van der Waals surface area contributed by atoms with Gasteiger partial charge in [0.2, 0.25) is 0 Å². The van der Waals surface area contributed by atoms with E-state index < -0.39 is 0 Å². The molecule has 0 bridgehead atoms. The van der Waals surface area contributed by atoms with E-state index in [0.717, 1.165) is 12.2 Å². The maximum atomic E-state index is 5.52. The number of nitrogens with two attached hydrogens (primary N) is 1. The fourth-order valence-corrected chi connectivity index (χ4v) is 2.83. The van der Waals surface area contributed by atoms with Crippen molar-refractivity contribution in [1.82, 2.24) is 9.97 Å². The van der Waals surface area contributed by atoms with Gasteiger partial charge in [0.05, 0.1) is 0 Å². The van der Waals surface area contributed by atoms with Gasteiger partial charge < -0.3 is 15.1 Å². The third-order valence-corrected chi connectivity index (χ3v) is 3.86. The first-order valence-electron chi connectivity index (χ1n) is 7.40. The number of nitrogens with one attached hydrogen (secondary N) is 1. The largest absolute Gasteiger partial charge is 0.374 e. The molecule has 1 aromatic rings. The Morgan fingerprint density at radius 1 is 1.40 bits per heavy atom. The number of hydrogen-bond acceptors (Lipinski definition) is 6. The lowest BCUT2D eigenvalue weighted by Crippen LogP contribution is -2.35. The number of nitrogen functional groups attached to an aromatic ring is 1. The maximum Gasteiger partial charge on any atom is 0.158 e. The highest BCUT2D eigenvalue weighted by atomic mass is 16.5. The Morgan fingerprint density at radius 2 is 2.20 bits per heavy atom. The Balaban J connectivity index is 2.29. The summed E-state index contributed by atoms with van der Waals surface area (Å²) in [6.45, 7) is 7.49. The van der Waals surface area contributed by atoms with Crippen molar-refractivity contribution in [3.05, 3.63) is 11.9 Å². The highest BCUT2D eigenvalue weighted by molar-refractivity contribution is 5.51. The summed E-state index contributed by atoms with van der Waals surface area (Å²) in [5, 5.41) is 0. The molecular formula is C14H25N5O. The maximum absolute atomic E-state index is 5.52. The van der Waals surface area contributed by atoms with Crippen LogP contribution < -0.4 is 16.2 Å². The van der Waals surface area contributed by atoms with Crippen LogP contribution >= 0.6 is 0 Å². The van der Waals surface area contributed by atoms with E-state index in [1.807, 2.05) is 13.0 Å². The van der Waals surface area contributed by atoms with Crippen LogP contribution in [0.25, 0.3) is 0 Å². The minimum Gasteiger partial charge on any atom is -0.374 e. The van der Waals surface area contributed by atoms with Crippen LogP contribution in [0.1, 0.15) is 45.9 Å². The number of rotatable bonds is 6. The Kier molecular flexibility index (Phi) is 5.14. The minimum absolute atomic E-state index is 0.415. The molecule has 0 radical (unpaired) electrons. The van der Waals surface area contributed by atoms with Gasteiger partial charge in [0.25, 0.3) is 0 Å². The Morgan fingerprint density at radius 3 is 2.85 bits per heavy atom. The van der Waals surface area contributed by atoms with Crippen LogP contribution in [0.4, 0.5) is 11.6 Å². The molecular weight excluding hydrogens is 254 g/mol. The molecule has 0 aliphatic carbocycles. The van der Waals surface area contributed by atoms with E-state index in [-0.39, 0.29) is 0 Å². The number of aromatic nitrogens is 2. The summed E-state index contributed by atoms with van der Waals surface area (Å²) in [4.78, 5) is 11.4. The standard InChI is InChI=1S/C14H25N5O/c1-4-11-7-6-10(3)19(11)14-8-12(18-15)16-13(17-14)9-20-5-2/h8,10-11H,4-7,9,15H2,1-3H3,(H,16,17,18). The zero-order valence-electron chi connectivity index (χ0n) is 12.6. The summed E-state index contributed by atoms with van der Waals surface area (Å²) in [5.41, 5.74) is 2.62. The van der Waals surface area contributed by atoms with Gasteiger partial charge in [-0.3, -0.25) is 0 Å². The third kappa shape index (κ3) is 3.19. The van der Waals surface area contributed by atoms with E-state index in [4.69, 9.17) is 10.6 Å². The molecule has 1 aliphatic heterocycles. The Labute approximate surface area is 120 Å². The predicted molar refractivity (Wildman–Crippen MR) is 80.4 cm³/mol. The lowest BCUT2D eigenvalue weighted by atomic mass is 10.1. The lowest BCUT2D eigenvalue weighted by molar-refractivity contribution is 0.128. The van der Waals surface area contributed by atoms with E-state index in [2.05, 4.69) is 34.1 Å². The number of anilines is 2. The second-order valence-electron chi connectivity index (χ2n) is 5.20. The molecule has 6 heteroatoms. The van der Waals surface area contributed by atoms with Gasteiger partial charge in [-0.1, -0.05) is 6.92 Å². The molecule has 0 saturated carbocycles. The first-order chi connectivity index (χ1) is 9.69. The van der Waals surface area contributed by atoms with Crippen LogP contribution in [0.5, 0.6) is 0 Å². The summed E-state index contributed by atoms with van der Waals surface area (Å²) in [5.74, 6) is 7.77. The van der Waals surface area contributed by atoms with Gasteiger partial charge in [-0.05, 0) is 33.1 Å². The van der Waals surface area contributed by atoms with E-state index in [1.165, 1.54) is 12.8 Å². The van der Waals surface area contributed by atoms with Gasteiger partial charge in [0.15, 0.2) is 5.82 Å². The molecule has 0 spiro atoms. The van der Waals surface area contributed by atoms with Gasteiger partial charge in [-0.2, -0.15) is 0 Å². The van der Waals surface area contributed by atoms with Crippen LogP contribution in [-0.4, -0.2) is 28.7 Å². The molecule has 2 unspecified atom stereocenters. The van der Waals surface area contributed by atoms with Crippen molar-refractivity contribution in [3.8, 4) is 0 Å². The fourth-order valence-electron chi connectivity index (χ4n) is 2.83. The van der Waals surface area contributed by atoms with Gasteiger partial charge >= 0.3 is 0 Å². The molecule has 0 aromatic carbocycles. The predicted octanol–water partition coefficient (Wildman–Crippen LogP) is 2.07. The molecule has 3 N–H and O–H groups in total. The van der Waals surface area contributed by atoms with Crippen LogP contribution in [-0.2, 0) is 11.3 Å². The van der Waals surface area contributed by atoms with Crippen molar-refractivity contribution in [1.29, 1.82) is 0 Å². The van der Waals surface area contributed by atoms with Crippen molar-refractivity contribution in [2.45, 2.75) is 58.7 Å².